The minimum atomic E-state index is -0.726. The second kappa shape index (κ2) is 10.4. The molecule has 10 nitrogen and oxygen atoms in total. The summed E-state index contributed by atoms with van der Waals surface area (Å²) in [5.74, 6) is -0.135. The van der Waals surface area contributed by atoms with Crippen molar-refractivity contribution in [1.29, 1.82) is 0 Å². The number of rotatable bonds is 9. The maximum atomic E-state index is 13.5. The Kier molecular flexibility index (Phi) is 7.57. The van der Waals surface area contributed by atoms with E-state index >= 15 is 0 Å². The highest BCUT2D eigenvalue weighted by Gasteiger charge is 2.31. The van der Waals surface area contributed by atoms with E-state index < -0.39 is 17.2 Å². The number of hydrogen-bond donors (Lipinski definition) is 2. The van der Waals surface area contributed by atoms with Crippen LogP contribution in [0.4, 0.5) is 17.2 Å². The van der Waals surface area contributed by atoms with Crippen LogP contribution in [0.25, 0.3) is 0 Å². The van der Waals surface area contributed by atoms with Gasteiger partial charge in [-0.05, 0) is 30.9 Å². The fourth-order valence-electron chi connectivity index (χ4n) is 3.67. The van der Waals surface area contributed by atoms with E-state index in [1.165, 1.54) is 14.4 Å². The van der Waals surface area contributed by atoms with Crippen molar-refractivity contribution >= 4 is 29.0 Å². The van der Waals surface area contributed by atoms with Crippen LogP contribution < -0.4 is 31.5 Å². The lowest BCUT2D eigenvalue weighted by Gasteiger charge is -2.31. The number of nitrogen functional groups attached to an aromatic ring is 1. The summed E-state index contributed by atoms with van der Waals surface area (Å²) >= 11 is 0. The van der Waals surface area contributed by atoms with Crippen molar-refractivity contribution in [2.24, 2.45) is 5.92 Å². The molecule has 33 heavy (non-hydrogen) atoms. The van der Waals surface area contributed by atoms with Gasteiger partial charge in [0.1, 0.15) is 18.1 Å². The van der Waals surface area contributed by atoms with E-state index in [-0.39, 0.29) is 43.0 Å². The molecule has 0 atom stereocenters. The molecule has 0 aliphatic carbocycles. The molecule has 0 saturated heterocycles. The van der Waals surface area contributed by atoms with Crippen molar-refractivity contribution in [3.05, 3.63) is 45.1 Å². The molecule has 0 spiro atoms. The summed E-state index contributed by atoms with van der Waals surface area (Å²) < 4.78 is 6.73. The van der Waals surface area contributed by atoms with E-state index in [4.69, 9.17) is 10.5 Å². The lowest BCUT2D eigenvalue weighted by Crippen LogP contribution is -2.49. The Morgan fingerprint density at radius 1 is 1.24 bits per heavy atom. The van der Waals surface area contributed by atoms with Gasteiger partial charge >= 0.3 is 5.69 Å². The van der Waals surface area contributed by atoms with Crippen molar-refractivity contribution in [2.45, 2.75) is 46.6 Å². The molecule has 2 heterocycles. The van der Waals surface area contributed by atoms with Crippen LogP contribution >= 0.6 is 0 Å². The van der Waals surface area contributed by atoms with E-state index in [2.05, 4.69) is 4.98 Å². The van der Waals surface area contributed by atoms with Gasteiger partial charge in [-0.3, -0.25) is 28.8 Å². The number of hydrogen-bond acceptors (Lipinski definition) is 6. The van der Waals surface area contributed by atoms with Crippen LogP contribution in [0.2, 0.25) is 0 Å². The number of aromatic amines is 1. The van der Waals surface area contributed by atoms with Gasteiger partial charge < -0.3 is 15.4 Å². The first-order valence-electron chi connectivity index (χ1n) is 11.2. The van der Waals surface area contributed by atoms with Gasteiger partial charge in [0.25, 0.3) is 11.5 Å². The number of carbonyl (C=O) groups is 2. The fraction of sp³-hybridized carbons (Fsp3) is 0.478. The van der Waals surface area contributed by atoms with Gasteiger partial charge in [0.15, 0.2) is 12.3 Å². The largest absolute Gasteiger partial charge is 0.482 e. The van der Waals surface area contributed by atoms with Crippen LogP contribution in [-0.2, 0) is 16.1 Å². The molecule has 0 fully saturated rings. The second-order valence-electron chi connectivity index (χ2n) is 8.46. The molecule has 178 valence electrons. The number of carbonyl (C=O) groups excluding carboxylic acids is 2. The first kappa shape index (κ1) is 24.1. The van der Waals surface area contributed by atoms with Crippen LogP contribution in [-0.4, -0.2) is 41.1 Å². The van der Waals surface area contributed by atoms with Crippen molar-refractivity contribution in [2.75, 3.05) is 35.2 Å². The zero-order chi connectivity index (χ0) is 24.1. The van der Waals surface area contributed by atoms with Crippen molar-refractivity contribution in [1.82, 2.24) is 9.55 Å². The third-order valence-corrected chi connectivity index (χ3v) is 5.55. The molecule has 0 bridgehead atoms. The number of benzene rings is 1. The van der Waals surface area contributed by atoms with Gasteiger partial charge in [0, 0.05) is 13.1 Å². The monoisotopic (exact) mass is 457 g/mol. The van der Waals surface area contributed by atoms with Crippen molar-refractivity contribution in [3.8, 4) is 5.75 Å². The maximum Gasteiger partial charge on any atom is 0.330 e. The lowest BCUT2D eigenvalue weighted by molar-refractivity contribution is -0.124. The zero-order valence-corrected chi connectivity index (χ0v) is 19.3. The molecule has 0 unspecified atom stereocenters. The Morgan fingerprint density at radius 3 is 2.67 bits per heavy atom. The Hall–Kier alpha value is -3.56. The van der Waals surface area contributed by atoms with E-state index in [0.29, 0.717) is 30.8 Å². The molecule has 1 aromatic heterocycles. The Labute approximate surface area is 191 Å². The summed E-state index contributed by atoms with van der Waals surface area (Å²) in [7, 11) is 0. The van der Waals surface area contributed by atoms with Crippen LogP contribution in [0.3, 0.4) is 0 Å². The van der Waals surface area contributed by atoms with Crippen LogP contribution in [0.1, 0.15) is 40.0 Å². The van der Waals surface area contributed by atoms with Crippen molar-refractivity contribution in [3.63, 3.8) is 0 Å². The fourth-order valence-corrected chi connectivity index (χ4v) is 3.67. The van der Waals surface area contributed by atoms with E-state index in [1.807, 2.05) is 20.8 Å². The van der Waals surface area contributed by atoms with E-state index in [1.54, 1.807) is 24.3 Å². The van der Waals surface area contributed by atoms with Gasteiger partial charge in [0.2, 0.25) is 5.91 Å². The maximum absolute atomic E-state index is 13.5. The number of nitrogens with one attached hydrogen (secondary N) is 1. The summed E-state index contributed by atoms with van der Waals surface area (Å²) in [5, 5.41) is 0. The average molecular weight is 458 g/mol. The SMILES string of the molecule is CCCCn1c(N)c(N(CCC(C)C)C(=O)CN2C(=O)COc3ccccc32)c(=O)[nH]c1=O. The lowest BCUT2D eigenvalue weighted by atomic mass is 10.1. The number of fused-ring (bicyclic) bond motifs is 1. The van der Waals surface area contributed by atoms with Gasteiger partial charge in [-0.15, -0.1) is 0 Å². The molecular weight excluding hydrogens is 426 g/mol. The molecule has 10 heteroatoms. The van der Waals surface area contributed by atoms with Gasteiger partial charge in [-0.1, -0.05) is 39.3 Å². The summed E-state index contributed by atoms with van der Waals surface area (Å²) in [6.07, 6.45) is 2.12. The molecule has 3 rings (SSSR count). The highest BCUT2D eigenvalue weighted by molar-refractivity contribution is 6.06. The molecule has 1 aromatic carbocycles. The zero-order valence-electron chi connectivity index (χ0n) is 19.3. The molecular formula is C23H31N5O5. The van der Waals surface area contributed by atoms with Crippen LogP contribution in [0.15, 0.2) is 33.9 Å². The number of aromatic nitrogens is 2. The number of nitrogens with zero attached hydrogens (tertiary/aromatic N) is 3. The number of para-hydroxylation sites is 2. The Morgan fingerprint density at radius 2 is 1.97 bits per heavy atom. The van der Waals surface area contributed by atoms with Crippen LogP contribution in [0.5, 0.6) is 5.75 Å². The number of nitrogens with two attached hydrogens (primary N) is 1. The topological polar surface area (TPSA) is 131 Å². The summed E-state index contributed by atoms with van der Waals surface area (Å²) in [6.45, 7) is 6.05. The minimum absolute atomic E-state index is 0.0528. The third-order valence-electron chi connectivity index (χ3n) is 5.55. The standard InChI is InChI=1S/C23H31N5O5/c1-4-5-11-27-21(24)20(22(31)25-23(27)32)26(12-10-15(2)3)18(29)13-28-16-8-6-7-9-17(16)33-14-19(28)30/h6-9,15H,4-5,10-14,24H2,1-3H3,(H,25,31,32). The Balaban J connectivity index is 2.00. The number of H-pyrrole nitrogens is 1. The van der Waals surface area contributed by atoms with Crippen molar-refractivity contribution < 1.29 is 14.3 Å². The van der Waals surface area contributed by atoms with Gasteiger partial charge in [-0.2, -0.15) is 0 Å². The van der Waals surface area contributed by atoms with Crippen LogP contribution in [0, 0.1) is 5.92 Å². The van der Waals surface area contributed by atoms with Gasteiger partial charge in [-0.25, -0.2) is 4.79 Å². The highest BCUT2D eigenvalue weighted by atomic mass is 16.5. The summed E-state index contributed by atoms with van der Waals surface area (Å²) in [6, 6.07) is 6.96. The predicted octanol–water partition coefficient (Wildman–Crippen LogP) is 1.72. The highest BCUT2D eigenvalue weighted by Crippen LogP contribution is 2.31. The smallest absolute Gasteiger partial charge is 0.330 e. The quantitative estimate of drug-likeness (QED) is 0.590. The Bertz CT molecular complexity index is 1140. The molecule has 2 amide bonds. The van der Waals surface area contributed by atoms with E-state index in [9.17, 15) is 19.2 Å². The molecule has 0 radical (unpaired) electrons. The average Bonchev–Trinajstić information content (AvgIpc) is 2.77. The molecule has 1 aliphatic rings. The summed E-state index contributed by atoms with van der Waals surface area (Å²) in [5.41, 5.74) is 5.34. The number of unbranched alkanes of at least 4 members (excludes halogenated alkanes) is 1. The molecule has 0 saturated carbocycles. The van der Waals surface area contributed by atoms with Gasteiger partial charge in [0.05, 0.1) is 5.69 Å². The molecule has 3 N–H and O–H groups in total. The third kappa shape index (κ3) is 5.27. The number of ether oxygens (including phenoxy) is 1. The second-order valence-corrected chi connectivity index (χ2v) is 8.46. The molecule has 1 aliphatic heterocycles. The normalized spacial score (nSPS) is 13.1. The number of anilines is 3. The summed E-state index contributed by atoms with van der Waals surface area (Å²) in [4.78, 5) is 56.1. The number of amides is 2. The minimum Gasteiger partial charge on any atom is -0.482 e. The first-order valence-corrected chi connectivity index (χ1v) is 11.2. The molecule has 2 aromatic rings. The first-order chi connectivity index (χ1) is 15.7. The predicted molar refractivity (Wildman–Crippen MR) is 127 cm³/mol. The van der Waals surface area contributed by atoms with E-state index in [0.717, 1.165) is 6.42 Å².